The van der Waals surface area contributed by atoms with Crippen molar-refractivity contribution < 1.29 is 9.90 Å². The molecule has 0 aliphatic rings. The number of benzene rings is 1. The van der Waals surface area contributed by atoms with Crippen LogP contribution in [0.4, 0.5) is 0 Å². The van der Waals surface area contributed by atoms with E-state index in [1.807, 2.05) is 19.9 Å². The molecule has 1 aromatic carbocycles. The Morgan fingerprint density at radius 3 is 2.43 bits per heavy atom. The van der Waals surface area contributed by atoms with Gasteiger partial charge in [-0.2, -0.15) is 0 Å². The molecule has 28 heavy (non-hydrogen) atoms. The molecule has 0 fully saturated rings. The average Bonchev–Trinajstić information content (AvgIpc) is 2.65. The number of nitrogens with two attached hydrogens (primary N) is 1. The van der Waals surface area contributed by atoms with E-state index in [1.54, 1.807) is 12.1 Å². The fourth-order valence-electron chi connectivity index (χ4n) is 2.49. The summed E-state index contributed by atoms with van der Waals surface area (Å²) in [6.07, 6.45) is 3.42. The normalized spacial score (nSPS) is 10.8. The Morgan fingerprint density at radius 1 is 1.32 bits per heavy atom. The molecule has 1 aromatic heterocycles. The molecule has 1 heterocycles. The summed E-state index contributed by atoms with van der Waals surface area (Å²) < 4.78 is 1.17. The Kier molecular flexibility index (Phi) is 12.0. The van der Waals surface area contributed by atoms with Gasteiger partial charge in [-0.05, 0) is 36.7 Å². The number of aromatic nitrogens is 2. The van der Waals surface area contributed by atoms with Crippen molar-refractivity contribution in [1.82, 2.24) is 14.5 Å². The lowest BCUT2D eigenvalue weighted by Gasteiger charge is -2.15. The molecule has 156 valence electrons. The monoisotopic (exact) mass is 410 g/mol. The van der Waals surface area contributed by atoms with Gasteiger partial charge in [0.1, 0.15) is 6.33 Å². The van der Waals surface area contributed by atoms with Gasteiger partial charge in [-0.25, -0.2) is 9.78 Å². The lowest BCUT2D eigenvalue weighted by Crippen LogP contribution is -2.28. The summed E-state index contributed by atoms with van der Waals surface area (Å²) in [6, 6.07) is 5.55. The Balaban J connectivity index is 0.000000694. The fourth-order valence-corrected chi connectivity index (χ4v) is 2.49. The van der Waals surface area contributed by atoms with Crippen LogP contribution in [0.3, 0.4) is 0 Å². The topological polar surface area (TPSA) is 101 Å². The number of halogens is 1. The highest BCUT2D eigenvalue weighted by Crippen LogP contribution is 2.17. The number of rotatable bonds is 7. The Labute approximate surface area is 172 Å². The highest BCUT2D eigenvalue weighted by Gasteiger charge is 2.06. The van der Waals surface area contributed by atoms with Gasteiger partial charge in [0.25, 0.3) is 5.56 Å². The SMILES string of the molecule is CC(C)c1ccc2ncn(/C=C/C(=O)O)c(=O)c2c1.CCN(CC)CCN.Cl. The maximum absolute atomic E-state index is 12.2. The molecule has 2 aromatic rings. The van der Waals surface area contributed by atoms with Gasteiger partial charge in [0.2, 0.25) is 0 Å². The van der Waals surface area contributed by atoms with E-state index >= 15 is 0 Å². The van der Waals surface area contributed by atoms with Crippen molar-refractivity contribution in [2.75, 3.05) is 26.2 Å². The van der Waals surface area contributed by atoms with Gasteiger partial charge in [-0.1, -0.05) is 33.8 Å². The summed E-state index contributed by atoms with van der Waals surface area (Å²) in [5.41, 5.74) is 6.72. The number of nitrogens with zero attached hydrogens (tertiary/aromatic N) is 3. The lowest BCUT2D eigenvalue weighted by atomic mass is 10.0. The van der Waals surface area contributed by atoms with Crippen molar-refractivity contribution in [2.24, 2.45) is 5.73 Å². The molecular formula is C20H31ClN4O3. The Morgan fingerprint density at radius 2 is 1.96 bits per heavy atom. The van der Waals surface area contributed by atoms with E-state index in [2.05, 4.69) is 23.7 Å². The number of likely N-dealkylation sites (N-methyl/N-ethyl adjacent to an activating group) is 1. The summed E-state index contributed by atoms with van der Waals surface area (Å²) in [4.78, 5) is 29.1. The standard InChI is InChI=1S/C14H14N2O3.C6H16N2.ClH/c1-9(2)10-3-4-12-11(7-10)14(19)16(8-15-12)6-5-13(17)18;1-3-8(4-2)6-5-7;/h3-9H,1-2H3,(H,17,18);3-7H2,1-2H3;1H/b6-5+;;. The minimum absolute atomic E-state index is 0. The van der Waals surface area contributed by atoms with Crippen LogP contribution in [0.5, 0.6) is 0 Å². The maximum Gasteiger partial charge on any atom is 0.329 e. The van der Waals surface area contributed by atoms with Crippen molar-refractivity contribution in [2.45, 2.75) is 33.6 Å². The third kappa shape index (κ3) is 7.80. The predicted octanol–water partition coefficient (Wildman–Crippen LogP) is 2.78. The van der Waals surface area contributed by atoms with E-state index in [9.17, 15) is 9.59 Å². The Bertz CT molecular complexity index is 830. The van der Waals surface area contributed by atoms with Crippen LogP contribution in [-0.4, -0.2) is 51.7 Å². The van der Waals surface area contributed by atoms with Crippen LogP contribution in [0.2, 0.25) is 0 Å². The van der Waals surface area contributed by atoms with Gasteiger partial charge in [-0.3, -0.25) is 9.36 Å². The third-order valence-electron chi connectivity index (χ3n) is 4.19. The average molecular weight is 411 g/mol. The summed E-state index contributed by atoms with van der Waals surface area (Å²) >= 11 is 0. The smallest absolute Gasteiger partial charge is 0.329 e. The highest BCUT2D eigenvalue weighted by atomic mass is 35.5. The number of aliphatic carboxylic acids is 1. The summed E-state index contributed by atoms with van der Waals surface area (Å²) in [7, 11) is 0. The molecule has 3 N–H and O–H groups in total. The molecule has 0 unspecified atom stereocenters. The molecule has 0 radical (unpaired) electrons. The first kappa shape index (κ1) is 25.8. The lowest BCUT2D eigenvalue weighted by molar-refractivity contribution is -0.131. The van der Waals surface area contributed by atoms with E-state index < -0.39 is 5.97 Å². The van der Waals surface area contributed by atoms with Gasteiger partial charge in [-0.15, -0.1) is 12.4 Å². The molecule has 8 heteroatoms. The van der Waals surface area contributed by atoms with Crippen LogP contribution in [0.1, 0.15) is 39.2 Å². The number of carboxylic acid groups (broad SMARTS) is 1. The van der Waals surface area contributed by atoms with Crippen molar-refractivity contribution in [3.05, 3.63) is 46.5 Å². The second-order valence-corrected chi connectivity index (χ2v) is 6.36. The third-order valence-corrected chi connectivity index (χ3v) is 4.19. The van der Waals surface area contributed by atoms with Crippen LogP contribution >= 0.6 is 12.4 Å². The number of fused-ring (bicyclic) bond motifs is 1. The van der Waals surface area contributed by atoms with Crippen LogP contribution in [0, 0.1) is 0 Å². The van der Waals surface area contributed by atoms with Crippen molar-refractivity contribution in [3.8, 4) is 0 Å². The number of carbonyl (C=O) groups is 1. The molecule has 0 atom stereocenters. The van der Waals surface area contributed by atoms with Gasteiger partial charge >= 0.3 is 5.97 Å². The van der Waals surface area contributed by atoms with E-state index in [0.717, 1.165) is 37.8 Å². The van der Waals surface area contributed by atoms with Crippen LogP contribution in [0.25, 0.3) is 17.1 Å². The highest BCUT2D eigenvalue weighted by molar-refractivity contribution is 5.85. The van der Waals surface area contributed by atoms with Crippen molar-refractivity contribution in [1.29, 1.82) is 0 Å². The Hall–Kier alpha value is -2.22. The van der Waals surface area contributed by atoms with E-state index in [1.165, 1.54) is 17.1 Å². The van der Waals surface area contributed by atoms with Crippen molar-refractivity contribution >= 4 is 35.5 Å². The molecule has 0 amide bonds. The molecule has 0 aliphatic heterocycles. The molecule has 0 saturated heterocycles. The number of hydrogen-bond acceptors (Lipinski definition) is 5. The fraction of sp³-hybridized carbons (Fsp3) is 0.450. The second-order valence-electron chi connectivity index (χ2n) is 6.36. The molecule has 0 aliphatic carbocycles. The van der Waals surface area contributed by atoms with Crippen LogP contribution in [-0.2, 0) is 4.79 Å². The summed E-state index contributed by atoms with van der Waals surface area (Å²) in [6.45, 7) is 12.4. The molecule has 0 saturated carbocycles. The first-order valence-electron chi connectivity index (χ1n) is 9.18. The summed E-state index contributed by atoms with van der Waals surface area (Å²) in [5.74, 6) is -0.796. The number of hydrogen-bond donors (Lipinski definition) is 2. The van der Waals surface area contributed by atoms with Crippen molar-refractivity contribution in [3.63, 3.8) is 0 Å². The predicted molar refractivity (Wildman–Crippen MR) is 117 cm³/mol. The first-order chi connectivity index (χ1) is 12.8. The van der Waals surface area contributed by atoms with E-state index in [-0.39, 0.29) is 18.0 Å². The minimum atomic E-state index is -1.11. The zero-order chi connectivity index (χ0) is 20.4. The molecule has 0 spiro atoms. The maximum atomic E-state index is 12.2. The molecule has 7 nitrogen and oxygen atoms in total. The van der Waals surface area contributed by atoms with E-state index in [4.69, 9.17) is 10.8 Å². The first-order valence-corrected chi connectivity index (χ1v) is 9.18. The molecule has 2 rings (SSSR count). The molecule has 0 bridgehead atoms. The quantitative estimate of drug-likeness (QED) is 0.680. The van der Waals surface area contributed by atoms with Crippen LogP contribution in [0.15, 0.2) is 35.4 Å². The largest absolute Gasteiger partial charge is 0.478 e. The van der Waals surface area contributed by atoms with Gasteiger partial charge < -0.3 is 15.7 Å². The zero-order valence-corrected chi connectivity index (χ0v) is 17.8. The zero-order valence-electron chi connectivity index (χ0n) is 17.0. The van der Waals surface area contributed by atoms with Gasteiger partial charge in [0.15, 0.2) is 0 Å². The minimum Gasteiger partial charge on any atom is -0.478 e. The van der Waals surface area contributed by atoms with Gasteiger partial charge in [0.05, 0.1) is 10.9 Å². The van der Waals surface area contributed by atoms with Crippen LogP contribution < -0.4 is 11.3 Å². The summed E-state index contributed by atoms with van der Waals surface area (Å²) in [5, 5.41) is 9.06. The van der Waals surface area contributed by atoms with E-state index in [0.29, 0.717) is 16.8 Å². The molecular weight excluding hydrogens is 380 g/mol. The number of carboxylic acids is 1. The van der Waals surface area contributed by atoms with Gasteiger partial charge in [0, 0.05) is 25.4 Å². The second kappa shape index (κ2) is 13.0.